The van der Waals surface area contributed by atoms with E-state index in [4.69, 9.17) is 18.9 Å². The van der Waals surface area contributed by atoms with Gasteiger partial charge in [0, 0.05) is 23.4 Å². The maximum absolute atomic E-state index is 14.0. The number of carbonyl (C=O) groups is 5. The van der Waals surface area contributed by atoms with Crippen molar-refractivity contribution in [1.29, 1.82) is 0 Å². The Balaban J connectivity index is 1.54. The van der Waals surface area contributed by atoms with Crippen molar-refractivity contribution in [3.05, 3.63) is 108 Å². The average Bonchev–Trinajstić information content (AvgIpc) is 3.66. The molecule has 292 valence electrons. The highest BCUT2D eigenvalue weighted by molar-refractivity contribution is 9.10. The largest absolute Gasteiger partial charge is 0.506 e. The molecule has 0 saturated heterocycles. The number of carboxylic acid groups (broad SMARTS) is 1. The highest BCUT2D eigenvalue weighted by Gasteiger charge is 2.48. The number of carbonyl (C=O) groups excluding carboxylic acids is 4. The van der Waals surface area contributed by atoms with Crippen LogP contribution in [0, 0.1) is 55.4 Å². The molecule has 14 nitrogen and oxygen atoms in total. The molecular weight excluding hydrogens is 792 g/mol. The summed E-state index contributed by atoms with van der Waals surface area (Å²) in [4.78, 5) is 65.4. The van der Waals surface area contributed by atoms with E-state index in [1.807, 2.05) is 0 Å². The number of aryl methyl sites for hydroxylation is 1. The first-order valence-corrected chi connectivity index (χ1v) is 17.8. The number of allylic oxidation sites excluding steroid dienone is 2. The highest BCUT2D eigenvalue weighted by Crippen LogP contribution is 2.45. The van der Waals surface area contributed by atoms with Crippen molar-refractivity contribution < 1.29 is 58.2 Å². The second-order valence-corrected chi connectivity index (χ2v) is 14.3. The summed E-state index contributed by atoms with van der Waals surface area (Å²) < 4.78 is 22.4. The number of phenolic OH excluding ortho intramolecular Hbond substituents is 1. The van der Waals surface area contributed by atoms with Crippen LogP contribution in [0.3, 0.4) is 0 Å². The second kappa shape index (κ2) is 15.2. The Hall–Kier alpha value is -6.06. The zero-order valence-electron chi connectivity index (χ0n) is 32.2. The monoisotopic (exact) mass is 830 g/mol. The van der Waals surface area contributed by atoms with E-state index in [2.05, 4.69) is 26.1 Å². The number of nitrogens with one attached hydrogen (secondary N) is 1. The molecule has 15 heteroatoms. The molecule has 3 aromatic carbocycles. The number of benzene rings is 3. The molecule has 56 heavy (non-hydrogen) atoms. The number of ketones is 1. The molecule has 0 radical (unpaired) electrons. The van der Waals surface area contributed by atoms with Crippen LogP contribution in [0.25, 0.3) is 11.1 Å². The van der Waals surface area contributed by atoms with E-state index in [9.17, 15) is 39.3 Å². The quantitative estimate of drug-likeness (QED) is 0.101. The Morgan fingerprint density at radius 3 is 1.89 bits per heavy atom. The summed E-state index contributed by atoms with van der Waals surface area (Å²) in [6, 6.07) is 1.48. The fourth-order valence-electron chi connectivity index (χ4n) is 6.84. The molecule has 0 amide bonds. The summed E-state index contributed by atoms with van der Waals surface area (Å²) >= 11 is 3.22. The van der Waals surface area contributed by atoms with Gasteiger partial charge in [0.2, 0.25) is 5.60 Å². The smallest absolute Gasteiger partial charge is 0.356 e. The van der Waals surface area contributed by atoms with Crippen LogP contribution in [0.5, 0.6) is 23.0 Å². The summed E-state index contributed by atoms with van der Waals surface area (Å²) in [5.41, 5.74) is 1.38. The number of aromatic nitrogens is 2. The van der Waals surface area contributed by atoms with Crippen LogP contribution in [-0.4, -0.2) is 67.9 Å². The minimum Gasteiger partial charge on any atom is -0.506 e. The lowest BCUT2D eigenvalue weighted by Gasteiger charge is -2.30. The van der Waals surface area contributed by atoms with Gasteiger partial charge in [-0.2, -0.15) is 5.10 Å². The molecule has 0 aliphatic heterocycles. The van der Waals surface area contributed by atoms with Crippen LogP contribution < -0.4 is 14.2 Å². The Morgan fingerprint density at radius 1 is 0.768 bits per heavy atom. The Bertz CT molecular complexity index is 2400. The first-order chi connectivity index (χ1) is 26.2. The van der Waals surface area contributed by atoms with Crippen LogP contribution in [0.2, 0.25) is 0 Å². The number of H-pyrrole nitrogens is 1. The van der Waals surface area contributed by atoms with Crippen LogP contribution in [0.1, 0.15) is 82.5 Å². The van der Waals surface area contributed by atoms with Gasteiger partial charge in [0.15, 0.2) is 11.5 Å². The molecule has 4 N–H and O–H groups in total. The Morgan fingerprint density at radius 2 is 1.34 bits per heavy atom. The summed E-state index contributed by atoms with van der Waals surface area (Å²) in [6.45, 7) is 14.3. The molecule has 0 saturated carbocycles. The zero-order chi connectivity index (χ0) is 41.7. The predicted octanol–water partition coefficient (Wildman–Crippen LogP) is 6.84. The third kappa shape index (κ3) is 6.77. The van der Waals surface area contributed by atoms with E-state index in [0.29, 0.717) is 44.5 Å². The zero-order valence-corrected chi connectivity index (χ0v) is 33.8. The normalized spacial score (nSPS) is 15.2. The van der Waals surface area contributed by atoms with Gasteiger partial charge in [0.1, 0.15) is 33.0 Å². The van der Waals surface area contributed by atoms with Crippen LogP contribution in [0.15, 0.2) is 46.4 Å². The molecule has 1 atom stereocenters. The minimum atomic E-state index is -2.45. The molecule has 4 aromatic rings. The van der Waals surface area contributed by atoms with E-state index >= 15 is 0 Å². The number of hydrogen-bond donors (Lipinski definition) is 4. The molecule has 0 spiro atoms. The standard InChI is InChI=1S/C41H39BrN2O12/c1-16-11-27(31(25-14-43-44-15-25)24(9)29(16)38(49)55-35-21(6)18(3)30(37(47)48)19(4)22(35)7)54-39(50)32-20(5)23(8)36(33(42)34(32)46)56-40(51)41(52)17(2)12-26(45)13-28(41)53-10/h11-15,46,52H,1-10H3,(H,43,44)(H,47,48)/t41-/m1/s1. The number of hydrogen-bond acceptors (Lipinski definition) is 12. The molecule has 0 fully saturated rings. The number of carboxylic acids is 1. The molecular formula is C41H39BrN2O12. The second-order valence-electron chi connectivity index (χ2n) is 13.5. The van der Waals surface area contributed by atoms with Gasteiger partial charge in [-0.3, -0.25) is 9.89 Å². The Labute approximate surface area is 329 Å². The molecule has 0 unspecified atom stereocenters. The molecule has 1 aliphatic carbocycles. The molecule has 1 aliphatic rings. The fraction of sp³-hybridized carbons (Fsp3) is 0.268. The van der Waals surface area contributed by atoms with Gasteiger partial charge < -0.3 is 34.3 Å². The lowest BCUT2D eigenvalue weighted by atomic mass is 9.87. The number of esters is 3. The number of aromatic hydroxyl groups is 1. The first-order valence-electron chi connectivity index (χ1n) is 17.0. The Kier molecular flexibility index (Phi) is 11.2. The van der Waals surface area contributed by atoms with E-state index in [0.717, 1.165) is 12.2 Å². The fourth-order valence-corrected chi connectivity index (χ4v) is 7.42. The number of halogens is 1. The van der Waals surface area contributed by atoms with Crippen LogP contribution in [-0.2, 0) is 14.3 Å². The van der Waals surface area contributed by atoms with Gasteiger partial charge >= 0.3 is 23.9 Å². The lowest BCUT2D eigenvalue weighted by Crippen LogP contribution is -2.47. The van der Waals surface area contributed by atoms with Crippen LogP contribution in [0.4, 0.5) is 0 Å². The van der Waals surface area contributed by atoms with Gasteiger partial charge in [-0.05, 0) is 140 Å². The molecule has 1 aromatic heterocycles. The third-order valence-corrected chi connectivity index (χ3v) is 11.0. The summed E-state index contributed by atoms with van der Waals surface area (Å²) in [7, 11) is 1.18. The number of rotatable bonds is 9. The highest BCUT2D eigenvalue weighted by atomic mass is 79.9. The van der Waals surface area contributed by atoms with Crippen molar-refractivity contribution in [1.82, 2.24) is 10.2 Å². The lowest BCUT2D eigenvalue weighted by molar-refractivity contribution is -0.151. The SMILES string of the molecule is COC1=CC(=O)C=C(C)[C@]1(O)C(=O)Oc1c(C)c(C)c(C(=O)Oc2cc(C)c(C(=O)Oc3c(C)c(C)c(C(=O)O)c(C)c3C)c(C)c2-c2cn[nH]c2)c(O)c1Br. The van der Waals surface area contributed by atoms with Gasteiger partial charge in [0.25, 0.3) is 0 Å². The van der Waals surface area contributed by atoms with Crippen molar-refractivity contribution in [2.45, 2.75) is 67.9 Å². The topological polar surface area (TPSA) is 212 Å². The maximum Gasteiger partial charge on any atom is 0.356 e. The minimum absolute atomic E-state index is 0.0195. The van der Waals surface area contributed by atoms with E-state index in [-0.39, 0.29) is 60.9 Å². The van der Waals surface area contributed by atoms with Crippen molar-refractivity contribution >= 4 is 45.6 Å². The number of nitrogens with zero attached hydrogens (tertiary/aromatic N) is 1. The van der Waals surface area contributed by atoms with E-state index in [1.54, 1.807) is 47.7 Å². The van der Waals surface area contributed by atoms with Crippen molar-refractivity contribution in [3.63, 3.8) is 0 Å². The first kappa shape index (κ1) is 41.1. The van der Waals surface area contributed by atoms with Crippen molar-refractivity contribution in [2.75, 3.05) is 7.11 Å². The van der Waals surface area contributed by atoms with E-state index in [1.165, 1.54) is 40.1 Å². The summed E-state index contributed by atoms with van der Waals surface area (Å²) in [5, 5.41) is 39.2. The van der Waals surface area contributed by atoms with E-state index < -0.39 is 41.0 Å². The maximum atomic E-state index is 14.0. The molecule has 5 rings (SSSR count). The predicted molar refractivity (Wildman–Crippen MR) is 205 cm³/mol. The number of aliphatic hydroxyl groups is 1. The van der Waals surface area contributed by atoms with Crippen molar-refractivity contribution in [3.8, 4) is 34.1 Å². The average molecular weight is 832 g/mol. The van der Waals surface area contributed by atoms with Gasteiger partial charge in [-0.15, -0.1) is 0 Å². The van der Waals surface area contributed by atoms with Crippen LogP contribution >= 0.6 is 15.9 Å². The van der Waals surface area contributed by atoms with Gasteiger partial charge in [-0.25, -0.2) is 19.2 Å². The third-order valence-electron chi connectivity index (χ3n) is 10.3. The molecule has 1 heterocycles. The van der Waals surface area contributed by atoms with Gasteiger partial charge in [-0.1, -0.05) is 0 Å². The van der Waals surface area contributed by atoms with Gasteiger partial charge in [0.05, 0.1) is 24.4 Å². The number of phenols is 1. The summed E-state index contributed by atoms with van der Waals surface area (Å²) in [5.74, 6) is -5.48. The number of aromatic carboxylic acids is 1. The van der Waals surface area contributed by atoms with Crippen molar-refractivity contribution in [2.24, 2.45) is 0 Å². The summed E-state index contributed by atoms with van der Waals surface area (Å²) in [6.07, 6.45) is 5.04. The number of aromatic amines is 1. The molecule has 0 bridgehead atoms. The number of ether oxygens (including phenoxy) is 4. The number of methoxy groups -OCH3 is 1.